The van der Waals surface area contributed by atoms with E-state index in [1.54, 1.807) is 17.8 Å². The third kappa shape index (κ3) is 3.87. The number of carbonyl (C=O) groups excluding carboxylic acids is 2. The maximum absolute atomic E-state index is 12.7. The van der Waals surface area contributed by atoms with Crippen LogP contribution >= 0.6 is 11.8 Å². The fraction of sp³-hybridized carbons (Fsp3) is 0.300. The number of esters is 1. The lowest BCUT2D eigenvalue weighted by Gasteiger charge is -2.22. The Hall–Kier alpha value is -2.27. The zero-order valence-corrected chi connectivity index (χ0v) is 15.2. The molecule has 0 unspecified atom stereocenters. The normalized spacial score (nSPS) is 15.8. The number of thioether (sulfide) groups is 1. The summed E-state index contributed by atoms with van der Waals surface area (Å²) < 4.78 is 4.74. The summed E-state index contributed by atoms with van der Waals surface area (Å²) in [6.45, 7) is 2.09. The molecule has 0 saturated carbocycles. The van der Waals surface area contributed by atoms with Crippen molar-refractivity contribution in [3.63, 3.8) is 0 Å². The number of benzene rings is 2. The predicted octanol–water partition coefficient (Wildman–Crippen LogP) is 3.68. The molecule has 2 aromatic carbocycles. The third-order valence-corrected chi connectivity index (χ3v) is 5.31. The number of hydrogen-bond acceptors (Lipinski definition) is 4. The molecule has 0 saturated heterocycles. The molecule has 25 heavy (non-hydrogen) atoms. The van der Waals surface area contributed by atoms with Crippen molar-refractivity contribution in [3.05, 3.63) is 65.2 Å². The van der Waals surface area contributed by atoms with E-state index in [0.717, 1.165) is 17.7 Å². The number of methoxy groups -OCH3 is 1. The number of anilines is 1. The first kappa shape index (κ1) is 17.5. The maximum atomic E-state index is 12.7. The van der Waals surface area contributed by atoms with Gasteiger partial charge in [0.2, 0.25) is 5.91 Å². The van der Waals surface area contributed by atoms with E-state index in [4.69, 9.17) is 4.74 Å². The lowest BCUT2D eigenvalue weighted by Crippen LogP contribution is -2.37. The molecule has 0 spiro atoms. The van der Waals surface area contributed by atoms with Crippen molar-refractivity contribution >= 4 is 29.3 Å². The molecule has 0 radical (unpaired) electrons. The minimum Gasteiger partial charge on any atom is -0.465 e. The Morgan fingerprint density at radius 1 is 1.20 bits per heavy atom. The van der Waals surface area contributed by atoms with Gasteiger partial charge in [-0.05, 0) is 42.7 Å². The highest BCUT2D eigenvalue weighted by molar-refractivity contribution is 7.99. The Morgan fingerprint density at radius 3 is 2.80 bits per heavy atom. The summed E-state index contributed by atoms with van der Waals surface area (Å²) in [6, 6.07) is 15.6. The largest absolute Gasteiger partial charge is 0.465 e. The molecule has 0 aromatic heterocycles. The van der Waals surface area contributed by atoms with Gasteiger partial charge in [0.05, 0.1) is 18.4 Å². The molecule has 5 heteroatoms. The average Bonchev–Trinajstić information content (AvgIpc) is 2.97. The second-order valence-corrected chi connectivity index (χ2v) is 7.12. The first-order chi connectivity index (χ1) is 12.1. The monoisotopic (exact) mass is 355 g/mol. The van der Waals surface area contributed by atoms with Gasteiger partial charge in [0, 0.05) is 17.5 Å². The molecule has 1 aliphatic rings. The zero-order valence-electron chi connectivity index (χ0n) is 14.4. The maximum Gasteiger partial charge on any atom is 0.337 e. The van der Waals surface area contributed by atoms with Gasteiger partial charge in [-0.3, -0.25) is 4.79 Å². The van der Waals surface area contributed by atoms with Gasteiger partial charge in [0.15, 0.2) is 0 Å². The average molecular weight is 355 g/mol. The summed E-state index contributed by atoms with van der Waals surface area (Å²) >= 11 is 1.56. The molecule has 2 aromatic rings. The van der Waals surface area contributed by atoms with E-state index in [-0.39, 0.29) is 17.9 Å². The van der Waals surface area contributed by atoms with Gasteiger partial charge in [-0.2, -0.15) is 0 Å². The van der Waals surface area contributed by atoms with Crippen LogP contribution in [0.3, 0.4) is 0 Å². The Bertz CT molecular complexity index is 790. The highest BCUT2D eigenvalue weighted by Crippen LogP contribution is 2.32. The standard InChI is InChI=1S/C20H21NO3S/c1-14-10-16-7-3-4-9-18(16)21(14)19(22)13-25-12-15-6-5-8-17(11-15)20(23)24-2/h3-9,11,14H,10,12-13H2,1-2H3/t14-/m0/s1. The van der Waals surface area contributed by atoms with Crippen molar-refractivity contribution in [2.45, 2.75) is 25.1 Å². The third-order valence-electron chi connectivity index (χ3n) is 4.32. The minimum absolute atomic E-state index is 0.131. The SMILES string of the molecule is COC(=O)c1cccc(CSCC(=O)N2c3ccccc3C[C@@H]2C)c1. The van der Waals surface area contributed by atoms with Crippen molar-refractivity contribution in [2.75, 3.05) is 17.8 Å². The fourth-order valence-corrected chi connectivity index (χ4v) is 4.01. The molecule has 0 aliphatic carbocycles. The number of amides is 1. The Labute approximate surface area is 152 Å². The summed E-state index contributed by atoms with van der Waals surface area (Å²) in [4.78, 5) is 26.2. The second-order valence-electron chi connectivity index (χ2n) is 6.13. The van der Waals surface area contributed by atoms with Crippen molar-refractivity contribution < 1.29 is 14.3 Å². The van der Waals surface area contributed by atoms with Crippen molar-refractivity contribution in [2.24, 2.45) is 0 Å². The quantitative estimate of drug-likeness (QED) is 0.768. The fourth-order valence-electron chi connectivity index (χ4n) is 3.18. The number of carbonyl (C=O) groups is 2. The van der Waals surface area contributed by atoms with Crippen molar-refractivity contribution in [1.82, 2.24) is 0 Å². The van der Waals surface area contributed by atoms with E-state index < -0.39 is 0 Å². The first-order valence-electron chi connectivity index (χ1n) is 8.25. The molecule has 1 heterocycles. The summed E-state index contributed by atoms with van der Waals surface area (Å²) in [5.74, 6) is 0.888. The van der Waals surface area contributed by atoms with Gasteiger partial charge < -0.3 is 9.64 Å². The van der Waals surface area contributed by atoms with E-state index >= 15 is 0 Å². The molecule has 3 rings (SSSR count). The topological polar surface area (TPSA) is 46.6 Å². The summed E-state index contributed by atoms with van der Waals surface area (Å²) in [5.41, 5.74) is 3.82. The first-order valence-corrected chi connectivity index (χ1v) is 9.40. The van der Waals surface area contributed by atoms with Crippen LogP contribution < -0.4 is 4.90 Å². The summed E-state index contributed by atoms with van der Waals surface area (Å²) in [5, 5.41) is 0. The van der Waals surface area contributed by atoms with E-state index in [9.17, 15) is 9.59 Å². The van der Waals surface area contributed by atoms with E-state index in [0.29, 0.717) is 17.1 Å². The van der Waals surface area contributed by atoms with Gasteiger partial charge in [-0.1, -0.05) is 30.3 Å². The van der Waals surface area contributed by atoms with Crippen LogP contribution in [0.1, 0.15) is 28.4 Å². The van der Waals surface area contributed by atoms with E-state index in [2.05, 4.69) is 13.0 Å². The van der Waals surface area contributed by atoms with Crippen LogP contribution in [-0.2, 0) is 21.7 Å². The van der Waals surface area contributed by atoms with Crippen LogP contribution in [-0.4, -0.2) is 30.8 Å². The zero-order chi connectivity index (χ0) is 17.8. The van der Waals surface area contributed by atoms with Crippen LogP contribution in [0.15, 0.2) is 48.5 Å². The lowest BCUT2D eigenvalue weighted by atomic mass is 10.1. The van der Waals surface area contributed by atoms with Gasteiger partial charge >= 0.3 is 5.97 Å². The number of hydrogen-bond donors (Lipinski definition) is 0. The molecule has 0 bridgehead atoms. The van der Waals surface area contributed by atoms with Crippen LogP contribution in [0.2, 0.25) is 0 Å². The predicted molar refractivity (Wildman–Crippen MR) is 101 cm³/mol. The smallest absolute Gasteiger partial charge is 0.337 e. The van der Waals surface area contributed by atoms with Crippen LogP contribution in [0.25, 0.3) is 0 Å². The molecule has 130 valence electrons. The van der Waals surface area contributed by atoms with E-state index in [1.807, 2.05) is 41.3 Å². The van der Waals surface area contributed by atoms with Gasteiger partial charge in [0.1, 0.15) is 0 Å². The van der Waals surface area contributed by atoms with E-state index in [1.165, 1.54) is 12.7 Å². The van der Waals surface area contributed by atoms with Crippen LogP contribution in [0, 0.1) is 0 Å². The van der Waals surface area contributed by atoms with Crippen LogP contribution in [0.4, 0.5) is 5.69 Å². The second kappa shape index (κ2) is 7.74. The number of para-hydroxylation sites is 1. The Balaban J connectivity index is 1.59. The Kier molecular flexibility index (Phi) is 5.43. The lowest BCUT2D eigenvalue weighted by molar-refractivity contribution is -0.116. The molecule has 1 amide bonds. The molecule has 1 atom stereocenters. The van der Waals surface area contributed by atoms with Crippen molar-refractivity contribution in [3.8, 4) is 0 Å². The van der Waals surface area contributed by atoms with Crippen LogP contribution in [0.5, 0.6) is 0 Å². The number of rotatable bonds is 5. The van der Waals surface area contributed by atoms with Gasteiger partial charge in [-0.15, -0.1) is 11.8 Å². The molecule has 0 fully saturated rings. The highest BCUT2D eigenvalue weighted by atomic mass is 32.2. The summed E-state index contributed by atoms with van der Waals surface area (Å²) in [6.07, 6.45) is 0.910. The molecule has 0 N–H and O–H groups in total. The summed E-state index contributed by atoms with van der Waals surface area (Å²) in [7, 11) is 1.37. The molecule has 4 nitrogen and oxygen atoms in total. The minimum atomic E-state index is -0.342. The van der Waals surface area contributed by atoms with Crippen molar-refractivity contribution in [1.29, 1.82) is 0 Å². The Morgan fingerprint density at radius 2 is 2.00 bits per heavy atom. The molecular weight excluding hydrogens is 334 g/mol. The van der Waals surface area contributed by atoms with Gasteiger partial charge in [-0.25, -0.2) is 4.79 Å². The molecular formula is C20H21NO3S. The van der Waals surface area contributed by atoms with Gasteiger partial charge in [0.25, 0.3) is 0 Å². The number of fused-ring (bicyclic) bond motifs is 1. The number of ether oxygens (including phenoxy) is 1. The molecule has 1 aliphatic heterocycles. The number of nitrogens with zero attached hydrogens (tertiary/aromatic N) is 1. The highest BCUT2D eigenvalue weighted by Gasteiger charge is 2.30.